The lowest BCUT2D eigenvalue weighted by Gasteiger charge is -2.23. The van der Waals surface area contributed by atoms with Gasteiger partial charge in [-0.25, -0.2) is 4.98 Å². The molecule has 0 radical (unpaired) electrons. The largest absolute Gasteiger partial charge is 0.507 e. The van der Waals surface area contributed by atoms with Crippen molar-refractivity contribution in [2.45, 2.75) is 13.0 Å². The first kappa shape index (κ1) is 20.9. The molecule has 5 rings (SSSR count). The number of aliphatic hydroxyl groups excluding tert-OH is 1. The zero-order valence-electron chi connectivity index (χ0n) is 18.0. The summed E-state index contributed by atoms with van der Waals surface area (Å²) < 4.78 is 6.13. The molecule has 1 atom stereocenters. The smallest absolute Gasteiger partial charge is 0.301 e. The van der Waals surface area contributed by atoms with Gasteiger partial charge in [-0.1, -0.05) is 71.5 Å². The zero-order valence-corrected chi connectivity index (χ0v) is 18.8. The highest BCUT2D eigenvalue weighted by Gasteiger charge is 2.48. The first-order valence-electron chi connectivity index (χ1n) is 10.4. The maximum absolute atomic E-state index is 13.3. The summed E-state index contributed by atoms with van der Waals surface area (Å²) in [6.07, 6.45) is 0. The Morgan fingerprint density at radius 1 is 1.03 bits per heavy atom. The normalized spacial score (nSPS) is 17.6. The SMILES string of the molecule is COc1ccc2nc(N3C(=O)C(=O)/C(=C(/O)c4ccccc4)[C@@H]3c3ccc(C)cc3)sc2c1. The molecule has 0 bridgehead atoms. The molecule has 1 aromatic heterocycles. The van der Waals surface area contributed by atoms with Gasteiger partial charge in [0.15, 0.2) is 5.13 Å². The van der Waals surface area contributed by atoms with E-state index in [1.165, 1.54) is 16.2 Å². The van der Waals surface area contributed by atoms with Crippen molar-refractivity contribution in [1.82, 2.24) is 4.98 Å². The average Bonchev–Trinajstić information content (AvgIpc) is 3.37. The van der Waals surface area contributed by atoms with Gasteiger partial charge in [-0.3, -0.25) is 14.5 Å². The molecule has 1 amide bonds. The number of fused-ring (bicyclic) bond motifs is 1. The van der Waals surface area contributed by atoms with E-state index in [1.54, 1.807) is 37.4 Å². The van der Waals surface area contributed by atoms with E-state index in [-0.39, 0.29) is 11.3 Å². The van der Waals surface area contributed by atoms with E-state index >= 15 is 0 Å². The van der Waals surface area contributed by atoms with Crippen molar-refractivity contribution in [2.75, 3.05) is 12.0 Å². The zero-order chi connectivity index (χ0) is 23.1. The highest BCUT2D eigenvalue weighted by Crippen LogP contribution is 2.44. The lowest BCUT2D eigenvalue weighted by Crippen LogP contribution is -2.29. The Hall–Kier alpha value is -3.97. The number of aryl methyl sites for hydroxylation is 1. The van der Waals surface area contributed by atoms with Crippen LogP contribution >= 0.6 is 11.3 Å². The summed E-state index contributed by atoms with van der Waals surface area (Å²) in [5.41, 5.74) is 2.98. The molecule has 1 saturated heterocycles. The summed E-state index contributed by atoms with van der Waals surface area (Å²) in [7, 11) is 1.59. The van der Waals surface area contributed by atoms with E-state index < -0.39 is 17.7 Å². The number of ketones is 1. The fourth-order valence-corrected chi connectivity index (χ4v) is 4.99. The van der Waals surface area contributed by atoms with Crippen LogP contribution in [0.2, 0.25) is 0 Å². The first-order valence-corrected chi connectivity index (χ1v) is 11.2. The van der Waals surface area contributed by atoms with E-state index in [2.05, 4.69) is 4.98 Å². The third-order valence-corrected chi connectivity index (χ3v) is 6.69. The van der Waals surface area contributed by atoms with Crippen LogP contribution < -0.4 is 9.64 Å². The predicted octanol–water partition coefficient (Wildman–Crippen LogP) is 5.24. The van der Waals surface area contributed by atoms with Crippen molar-refractivity contribution in [1.29, 1.82) is 0 Å². The number of benzene rings is 3. The van der Waals surface area contributed by atoms with Crippen molar-refractivity contribution in [2.24, 2.45) is 0 Å². The van der Waals surface area contributed by atoms with Crippen LogP contribution in [-0.4, -0.2) is 28.9 Å². The first-order chi connectivity index (χ1) is 16.0. The van der Waals surface area contributed by atoms with Crippen LogP contribution in [0.3, 0.4) is 0 Å². The van der Waals surface area contributed by atoms with Gasteiger partial charge in [-0.2, -0.15) is 0 Å². The fourth-order valence-electron chi connectivity index (χ4n) is 3.97. The number of Topliss-reactive ketones (excluding diaryl/α,β-unsaturated/α-hetero) is 1. The minimum Gasteiger partial charge on any atom is -0.507 e. The number of hydrogen-bond acceptors (Lipinski definition) is 6. The monoisotopic (exact) mass is 456 g/mol. The summed E-state index contributed by atoms with van der Waals surface area (Å²) >= 11 is 1.30. The minimum atomic E-state index is -0.798. The number of amides is 1. The maximum Gasteiger partial charge on any atom is 0.301 e. The number of aromatic nitrogens is 1. The number of nitrogens with zero attached hydrogens (tertiary/aromatic N) is 2. The number of ether oxygens (including phenoxy) is 1. The molecule has 33 heavy (non-hydrogen) atoms. The summed E-state index contributed by atoms with van der Waals surface area (Å²) in [4.78, 5) is 32.5. The van der Waals surface area contributed by atoms with Gasteiger partial charge in [0.2, 0.25) is 0 Å². The second-order valence-corrected chi connectivity index (χ2v) is 8.79. The van der Waals surface area contributed by atoms with Crippen molar-refractivity contribution in [3.05, 3.63) is 95.1 Å². The second kappa shape index (κ2) is 8.18. The van der Waals surface area contributed by atoms with Gasteiger partial charge in [0, 0.05) is 5.56 Å². The number of carbonyl (C=O) groups excluding carboxylic acids is 2. The molecule has 164 valence electrons. The lowest BCUT2D eigenvalue weighted by atomic mass is 9.95. The third kappa shape index (κ3) is 3.56. The molecule has 0 aliphatic carbocycles. The summed E-state index contributed by atoms with van der Waals surface area (Å²) in [6.45, 7) is 1.96. The number of methoxy groups -OCH3 is 1. The molecule has 1 aliphatic heterocycles. The van der Waals surface area contributed by atoms with Crippen molar-refractivity contribution in [3.63, 3.8) is 0 Å². The Morgan fingerprint density at radius 2 is 1.76 bits per heavy atom. The van der Waals surface area contributed by atoms with Crippen molar-refractivity contribution >= 4 is 44.1 Å². The summed E-state index contributed by atoms with van der Waals surface area (Å²) in [5.74, 6) is -0.980. The Kier molecular flexibility index (Phi) is 5.18. The molecule has 4 aromatic rings. The molecule has 1 N–H and O–H groups in total. The summed E-state index contributed by atoms with van der Waals surface area (Å²) in [5, 5.41) is 11.5. The van der Waals surface area contributed by atoms with E-state index in [0.29, 0.717) is 27.5 Å². The molecular weight excluding hydrogens is 436 g/mol. The van der Waals surface area contributed by atoms with Gasteiger partial charge in [-0.15, -0.1) is 0 Å². The van der Waals surface area contributed by atoms with Gasteiger partial charge < -0.3 is 9.84 Å². The quantitative estimate of drug-likeness (QED) is 0.258. The Bertz CT molecular complexity index is 1410. The molecule has 2 heterocycles. The van der Waals surface area contributed by atoms with Crippen LogP contribution in [0.5, 0.6) is 5.75 Å². The van der Waals surface area contributed by atoms with Gasteiger partial charge in [0.05, 0.1) is 28.9 Å². The lowest BCUT2D eigenvalue weighted by molar-refractivity contribution is -0.132. The number of rotatable bonds is 4. The highest BCUT2D eigenvalue weighted by atomic mass is 32.1. The highest BCUT2D eigenvalue weighted by molar-refractivity contribution is 7.22. The molecule has 1 fully saturated rings. The van der Waals surface area contributed by atoms with Crippen LogP contribution in [0, 0.1) is 6.92 Å². The Balaban J connectivity index is 1.72. The van der Waals surface area contributed by atoms with Crippen LogP contribution in [0.4, 0.5) is 5.13 Å². The maximum atomic E-state index is 13.3. The fraction of sp³-hybridized carbons (Fsp3) is 0.115. The number of anilines is 1. The minimum absolute atomic E-state index is 0.0480. The topological polar surface area (TPSA) is 79.7 Å². The number of hydrogen-bond donors (Lipinski definition) is 1. The number of carbonyl (C=O) groups is 2. The molecular formula is C26H20N2O4S. The van der Waals surface area contributed by atoms with Crippen LogP contribution in [0.25, 0.3) is 16.0 Å². The number of thiazole rings is 1. The molecule has 1 aliphatic rings. The molecule has 7 heteroatoms. The molecule has 0 unspecified atom stereocenters. The van der Waals surface area contributed by atoms with Crippen molar-refractivity contribution < 1.29 is 19.4 Å². The van der Waals surface area contributed by atoms with Crippen molar-refractivity contribution in [3.8, 4) is 5.75 Å². The van der Waals surface area contributed by atoms with Crippen LogP contribution in [0.1, 0.15) is 22.7 Å². The Morgan fingerprint density at radius 3 is 2.45 bits per heavy atom. The standard InChI is InChI=1S/C26H20N2O4S/c1-15-8-10-16(11-9-15)22-21(23(29)17-6-4-3-5-7-17)24(30)25(31)28(22)26-27-19-13-12-18(32-2)14-20(19)33-26/h3-14,22,29H,1-2H3/b23-21+/t22-/m0/s1. The van der Waals surface area contributed by atoms with Crippen LogP contribution in [-0.2, 0) is 9.59 Å². The van der Waals surface area contributed by atoms with Gasteiger partial charge in [0.1, 0.15) is 11.5 Å². The second-order valence-electron chi connectivity index (χ2n) is 7.78. The average molecular weight is 457 g/mol. The third-order valence-electron chi connectivity index (χ3n) is 5.68. The van der Waals surface area contributed by atoms with E-state index in [4.69, 9.17) is 4.74 Å². The molecule has 3 aromatic carbocycles. The Labute approximate surface area is 194 Å². The van der Waals surface area contributed by atoms with Gasteiger partial charge in [0.25, 0.3) is 5.78 Å². The number of aliphatic hydroxyl groups is 1. The van der Waals surface area contributed by atoms with Gasteiger partial charge >= 0.3 is 5.91 Å². The van der Waals surface area contributed by atoms with E-state index in [9.17, 15) is 14.7 Å². The van der Waals surface area contributed by atoms with Crippen LogP contribution in [0.15, 0.2) is 78.4 Å². The molecule has 6 nitrogen and oxygen atoms in total. The van der Waals surface area contributed by atoms with E-state index in [1.807, 2.05) is 49.4 Å². The summed E-state index contributed by atoms with van der Waals surface area (Å²) in [6, 6.07) is 21.0. The molecule has 0 saturated carbocycles. The van der Waals surface area contributed by atoms with Gasteiger partial charge in [-0.05, 0) is 30.7 Å². The molecule has 0 spiro atoms. The predicted molar refractivity (Wildman–Crippen MR) is 129 cm³/mol. The van der Waals surface area contributed by atoms with E-state index in [0.717, 1.165) is 10.3 Å².